The van der Waals surface area contributed by atoms with E-state index in [9.17, 15) is 9.59 Å². The number of methoxy groups -OCH3 is 1. The monoisotopic (exact) mass is 292 g/mol. The van der Waals surface area contributed by atoms with Crippen molar-refractivity contribution in [2.45, 2.75) is 32.4 Å². The predicted octanol–water partition coefficient (Wildman–Crippen LogP) is 1.26. The number of carboxylic acid groups (broad SMARTS) is 1. The van der Waals surface area contributed by atoms with E-state index in [1.807, 2.05) is 20.1 Å². The van der Waals surface area contributed by atoms with Crippen molar-refractivity contribution in [1.82, 2.24) is 10.2 Å². The molecule has 0 aromatic rings. The molecule has 0 aromatic carbocycles. The largest absolute Gasteiger partial charge is 0.480 e. The van der Waals surface area contributed by atoms with Gasteiger partial charge in [-0.05, 0) is 32.3 Å². The molecule has 0 saturated carbocycles. The van der Waals surface area contributed by atoms with Crippen molar-refractivity contribution >= 4 is 23.8 Å². The zero-order valence-corrected chi connectivity index (χ0v) is 12.8. The van der Waals surface area contributed by atoms with E-state index in [1.165, 1.54) is 0 Å². The number of urea groups is 1. The topological polar surface area (TPSA) is 78.9 Å². The zero-order chi connectivity index (χ0) is 14.8. The van der Waals surface area contributed by atoms with Crippen molar-refractivity contribution in [2.75, 3.05) is 32.3 Å². The molecule has 19 heavy (non-hydrogen) atoms. The molecule has 2 N–H and O–H groups in total. The van der Waals surface area contributed by atoms with Crippen LogP contribution in [-0.4, -0.2) is 66.4 Å². The number of nitrogens with zero attached hydrogens (tertiary/aromatic N) is 1. The third-order valence-electron chi connectivity index (χ3n) is 2.63. The van der Waals surface area contributed by atoms with Gasteiger partial charge in [0.2, 0.25) is 0 Å². The Morgan fingerprint density at radius 1 is 1.42 bits per heavy atom. The first-order valence-electron chi connectivity index (χ1n) is 6.21. The third kappa shape index (κ3) is 7.27. The zero-order valence-electron chi connectivity index (χ0n) is 12.0. The summed E-state index contributed by atoms with van der Waals surface area (Å²) < 4.78 is 4.95. The second-order valence-electron chi connectivity index (χ2n) is 4.40. The third-order valence-corrected chi connectivity index (χ3v) is 3.27. The molecule has 0 aromatic heterocycles. The normalized spacial score (nSPS) is 12.3. The minimum atomic E-state index is -1.00. The van der Waals surface area contributed by atoms with Crippen LogP contribution in [-0.2, 0) is 9.53 Å². The fourth-order valence-corrected chi connectivity index (χ4v) is 1.98. The van der Waals surface area contributed by atoms with Crippen molar-refractivity contribution in [1.29, 1.82) is 0 Å². The van der Waals surface area contributed by atoms with Crippen LogP contribution in [0, 0.1) is 0 Å². The van der Waals surface area contributed by atoms with Crippen LogP contribution in [0.1, 0.15) is 20.3 Å². The van der Waals surface area contributed by atoms with E-state index < -0.39 is 12.0 Å². The Labute approximate surface area is 118 Å². The number of carbonyl (C=O) groups excluding carboxylic acids is 1. The summed E-state index contributed by atoms with van der Waals surface area (Å²) in [6.07, 6.45) is 2.32. The summed E-state index contributed by atoms with van der Waals surface area (Å²) in [5, 5.41) is 11.6. The Hall–Kier alpha value is -0.950. The van der Waals surface area contributed by atoms with Gasteiger partial charge in [-0.1, -0.05) is 0 Å². The van der Waals surface area contributed by atoms with Crippen molar-refractivity contribution < 1.29 is 19.4 Å². The number of aliphatic carboxylic acids is 1. The molecule has 0 heterocycles. The van der Waals surface area contributed by atoms with Crippen LogP contribution >= 0.6 is 11.8 Å². The number of hydrogen-bond donors (Lipinski definition) is 2. The molecular formula is C12H24N2O4S. The van der Waals surface area contributed by atoms with Gasteiger partial charge < -0.3 is 20.1 Å². The van der Waals surface area contributed by atoms with Gasteiger partial charge in [-0.3, -0.25) is 0 Å². The van der Waals surface area contributed by atoms with Crippen molar-refractivity contribution in [3.8, 4) is 0 Å². The first-order valence-corrected chi connectivity index (χ1v) is 7.61. The Bertz CT molecular complexity index is 287. The number of nitrogens with one attached hydrogen (secondary N) is 1. The Balaban J connectivity index is 4.52. The number of carbonyl (C=O) groups is 2. The van der Waals surface area contributed by atoms with Crippen molar-refractivity contribution in [3.05, 3.63) is 0 Å². The molecule has 0 rings (SSSR count). The van der Waals surface area contributed by atoms with Crippen LogP contribution in [0.4, 0.5) is 4.79 Å². The quantitative estimate of drug-likeness (QED) is 0.669. The maximum atomic E-state index is 12.1. The van der Waals surface area contributed by atoms with Crippen LogP contribution in [0.5, 0.6) is 0 Å². The average Bonchev–Trinajstić information content (AvgIpc) is 2.34. The molecule has 0 aliphatic heterocycles. The van der Waals surface area contributed by atoms with Gasteiger partial charge in [-0.25, -0.2) is 9.59 Å². The van der Waals surface area contributed by atoms with E-state index in [4.69, 9.17) is 9.84 Å². The lowest BCUT2D eigenvalue weighted by Gasteiger charge is -2.28. The molecule has 2 amide bonds. The molecule has 1 atom stereocenters. The van der Waals surface area contributed by atoms with Gasteiger partial charge in [0.05, 0.1) is 6.61 Å². The highest BCUT2D eigenvalue weighted by Gasteiger charge is 2.23. The van der Waals surface area contributed by atoms with Gasteiger partial charge in [0.1, 0.15) is 6.04 Å². The Kier molecular flexibility index (Phi) is 9.42. The lowest BCUT2D eigenvalue weighted by Crippen LogP contribution is -2.51. The summed E-state index contributed by atoms with van der Waals surface area (Å²) >= 11 is 1.55. The second-order valence-corrected chi connectivity index (χ2v) is 5.39. The number of rotatable bonds is 9. The Morgan fingerprint density at radius 3 is 2.47 bits per heavy atom. The molecule has 0 aliphatic rings. The molecule has 0 spiro atoms. The molecule has 0 saturated heterocycles. The van der Waals surface area contributed by atoms with Gasteiger partial charge in [0, 0.05) is 19.7 Å². The van der Waals surface area contributed by atoms with Gasteiger partial charge in [-0.15, -0.1) is 0 Å². The summed E-state index contributed by atoms with van der Waals surface area (Å²) in [5.74, 6) is -0.311. The molecule has 0 aliphatic carbocycles. The lowest BCUT2D eigenvalue weighted by atomic mass is 10.2. The first-order chi connectivity index (χ1) is 8.93. The minimum Gasteiger partial charge on any atom is -0.480 e. The van der Waals surface area contributed by atoms with E-state index in [0.717, 1.165) is 0 Å². The summed E-state index contributed by atoms with van der Waals surface area (Å²) in [6.45, 7) is 4.63. The lowest BCUT2D eigenvalue weighted by molar-refractivity contribution is -0.139. The van der Waals surface area contributed by atoms with E-state index >= 15 is 0 Å². The van der Waals surface area contributed by atoms with E-state index in [1.54, 1.807) is 23.8 Å². The van der Waals surface area contributed by atoms with E-state index in [-0.39, 0.29) is 12.1 Å². The van der Waals surface area contributed by atoms with Crippen LogP contribution in [0.3, 0.4) is 0 Å². The number of carboxylic acids is 1. The average molecular weight is 292 g/mol. The van der Waals surface area contributed by atoms with Gasteiger partial charge in [0.15, 0.2) is 0 Å². The molecule has 0 bridgehead atoms. The molecule has 0 radical (unpaired) electrons. The molecule has 0 fully saturated rings. The molecule has 0 unspecified atom stereocenters. The van der Waals surface area contributed by atoms with E-state index in [2.05, 4.69) is 5.32 Å². The molecule has 112 valence electrons. The standard InChI is InChI=1S/C12H24N2O4S/c1-9(2)14(6-7-18-3)12(17)13-10(11(15)16)5-8-19-4/h9-10H,5-8H2,1-4H3,(H,13,17)(H,15,16)/t10-/m1/s1. The van der Waals surface area contributed by atoms with Gasteiger partial charge in [-0.2, -0.15) is 11.8 Å². The summed E-state index contributed by atoms with van der Waals surface area (Å²) in [4.78, 5) is 24.7. The highest BCUT2D eigenvalue weighted by Crippen LogP contribution is 2.04. The Morgan fingerprint density at radius 2 is 2.05 bits per heavy atom. The maximum Gasteiger partial charge on any atom is 0.326 e. The molecule has 6 nitrogen and oxygen atoms in total. The highest BCUT2D eigenvalue weighted by molar-refractivity contribution is 7.98. The van der Waals surface area contributed by atoms with Crippen LogP contribution in [0.2, 0.25) is 0 Å². The summed E-state index contributed by atoms with van der Waals surface area (Å²) in [5.41, 5.74) is 0. The van der Waals surface area contributed by atoms with Gasteiger partial charge in [0.25, 0.3) is 0 Å². The smallest absolute Gasteiger partial charge is 0.326 e. The van der Waals surface area contributed by atoms with Crippen molar-refractivity contribution in [2.24, 2.45) is 0 Å². The van der Waals surface area contributed by atoms with Crippen LogP contribution in [0.15, 0.2) is 0 Å². The minimum absolute atomic E-state index is 0.00912. The fraction of sp³-hybridized carbons (Fsp3) is 0.833. The maximum absolute atomic E-state index is 12.1. The van der Waals surface area contributed by atoms with Crippen molar-refractivity contribution in [3.63, 3.8) is 0 Å². The molecule has 7 heteroatoms. The van der Waals surface area contributed by atoms with Gasteiger partial charge >= 0.3 is 12.0 Å². The van der Waals surface area contributed by atoms with Crippen LogP contribution in [0.25, 0.3) is 0 Å². The first kappa shape index (κ1) is 18.0. The summed E-state index contributed by atoms with van der Waals surface area (Å²) in [6, 6.07) is -1.21. The number of thioether (sulfide) groups is 1. The number of ether oxygens (including phenoxy) is 1. The molecular weight excluding hydrogens is 268 g/mol. The van der Waals surface area contributed by atoms with Crippen LogP contribution < -0.4 is 5.32 Å². The SMILES string of the molecule is COCCN(C(=O)N[C@H](CCSC)C(=O)O)C(C)C. The predicted molar refractivity (Wildman–Crippen MR) is 76.7 cm³/mol. The second kappa shape index (κ2) is 9.91. The number of hydrogen-bond acceptors (Lipinski definition) is 4. The fourth-order valence-electron chi connectivity index (χ4n) is 1.51. The highest BCUT2D eigenvalue weighted by atomic mass is 32.2. The summed E-state index contributed by atoms with van der Waals surface area (Å²) in [7, 11) is 1.56. The van der Waals surface area contributed by atoms with E-state index in [0.29, 0.717) is 25.3 Å². The number of amides is 2.